The van der Waals surface area contributed by atoms with E-state index >= 15 is 0 Å². The van der Waals surface area contributed by atoms with E-state index in [1.165, 1.54) is 0 Å². The number of nitrogens with one attached hydrogen (secondary N) is 1. The number of guanidine groups is 1. The highest BCUT2D eigenvalue weighted by molar-refractivity contribution is 14.0. The summed E-state index contributed by atoms with van der Waals surface area (Å²) in [5, 5.41) is 3.19. The van der Waals surface area contributed by atoms with Crippen molar-refractivity contribution in [3.8, 4) is 0 Å². The van der Waals surface area contributed by atoms with Crippen LogP contribution in [-0.2, 0) is 16.1 Å². The summed E-state index contributed by atoms with van der Waals surface area (Å²) in [6.45, 7) is 7.02. The smallest absolute Gasteiger partial charge is 0.193 e. The summed E-state index contributed by atoms with van der Waals surface area (Å²) in [4.78, 5) is 4.67. The zero-order valence-corrected chi connectivity index (χ0v) is 16.8. The number of ether oxygens (including phenoxy) is 2. The number of aliphatic imine (C=N–C) groups is 1. The third-order valence-corrected chi connectivity index (χ3v) is 4.58. The first-order chi connectivity index (χ1) is 10.4. The molecule has 1 aromatic carbocycles. The van der Waals surface area contributed by atoms with Gasteiger partial charge in [0.05, 0.1) is 18.8 Å². The van der Waals surface area contributed by atoms with Gasteiger partial charge in [0, 0.05) is 36.8 Å². The van der Waals surface area contributed by atoms with Crippen molar-refractivity contribution in [2.24, 2.45) is 22.1 Å². The van der Waals surface area contributed by atoms with Crippen molar-refractivity contribution < 1.29 is 9.47 Å². The van der Waals surface area contributed by atoms with Gasteiger partial charge in [-0.2, -0.15) is 0 Å². The van der Waals surface area contributed by atoms with Gasteiger partial charge < -0.3 is 20.5 Å². The van der Waals surface area contributed by atoms with Crippen molar-refractivity contribution in [2.45, 2.75) is 39.5 Å². The van der Waals surface area contributed by atoms with Gasteiger partial charge in [0.15, 0.2) is 5.96 Å². The number of rotatable bonds is 5. The molecule has 2 rings (SSSR count). The van der Waals surface area contributed by atoms with E-state index < -0.39 is 0 Å². The van der Waals surface area contributed by atoms with Crippen LogP contribution in [0.15, 0.2) is 29.3 Å². The van der Waals surface area contributed by atoms with Crippen molar-refractivity contribution in [3.05, 3.63) is 29.8 Å². The molecular weight excluding hydrogens is 405 g/mol. The third kappa shape index (κ3) is 4.16. The Morgan fingerprint density at radius 2 is 1.96 bits per heavy atom. The fraction of sp³-hybridized carbons (Fsp3) is 0.588. The maximum Gasteiger partial charge on any atom is 0.193 e. The molecule has 1 aromatic rings. The van der Waals surface area contributed by atoms with E-state index in [2.05, 4.69) is 31.1 Å². The highest BCUT2D eigenvalue weighted by Gasteiger charge is 2.54. The molecule has 0 radical (unpaired) electrons. The molecule has 130 valence electrons. The van der Waals surface area contributed by atoms with Crippen LogP contribution in [0.2, 0.25) is 0 Å². The van der Waals surface area contributed by atoms with E-state index in [9.17, 15) is 0 Å². The largest absolute Gasteiger partial charge is 0.380 e. The molecule has 0 aromatic heterocycles. The lowest BCUT2D eigenvalue weighted by Crippen LogP contribution is -2.61. The summed E-state index contributed by atoms with van der Waals surface area (Å²) in [5.74, 6) is 0.789. The lowest BCUT2D eigenvalue weighted by Gasteiger charge is -2.54. The average molecular weight is 433 g/mol. The van der Waals surface area contributed by atoms with E-state index in [1.54, 1.807) is 14.2 Å². The number of benzene rings is 1. The van der Waals surface area contributed by atoms with E-state index in [4.69, 9.17) is 15.2 Å². The Morgan fingerprint density at radius 1 is 1.30 bits per heavy atom. The topological polar surface area (TPSA) is 68.9 Å². The Balaban J connectivity index is 0.00000264. The number of methoxy groups -OCH3 is 2. The molecule has 1 fully saturated rings. The molecule has 1 saturated carbocycles. The number of hydrogen-bond donors (Lipinski definition) is 2. The van der Waals surface area contributed by atoms with Crippen molar-refractivity contribution in [3.63, 3.8) is 0 Å². The number of anilines is 1. The summed E-state index contributed by atoms with van der Waals surface area (Å²) in [6.07, 6.45) is 0.217. The van der Waals surface area contributed by atoms with Crippen molar-refractivity contribution in [2.75, 3.05) is 19.5 Å². The molecule has 0 bridgehead atoms. The Bertz CT molecular complexity index is 548. The Morgan fingerprint density at radius 3 is 2.52 bits per heavy atom. The highest BCUT2D eigenvalue weighted by Crippen LogP contribution is 2.48. The van der Waals surface area contributed by atoms with Crippen LogP contribution in [0.1, 0.15) is 26.3 Å². The molecule has 0 aliphatic heterocycles. The summed E-state index contributed by atoms with van der Waals surface area (Å²) in [6, 6.07) is 8.08. The fourth-order valence-electron chi connectivity index (χ4n) is 3.62. The lowest BCUT2D eigenvalue weighted by molar-refractivity contribution is -0.132. The zero-order valence-electron chi connectivity index (χ0n) is 14.5. The van der Waals surface area contributed by atoms with Gasteiger partial charge in [-0.05, 0) is 6.07 Å². The first kappa shape index (κ1) is 20.2. The van der Waals surface area contributed by atoms with Crippen LogP contribution >= 0.6 is 24.0 Å². The number of para-hydroxylation sites is 1. The molecule has 1 aliphatic rings. The molecule has 3 N–H and O–H groups in total. The van der Waals surface area contributed by atoms with Gasteiger partial charge >= 0.3 is 0 Å². The first-order valence-electron chi connectivity index (χ1n) is 7.61. The maximum absolute atomic E-state index is 6.11. The molecule has 1 aliphatic carbocycles. The zero-order chi connectivity index (χ0) is 16.3. The highest BCUT2D eigenvalue weighted by atomic mass is 127. The summed E-state index contributed by atoms with van der Waals surface area (Å²) in [5.41, 5.74) is 8.09. The van der Waals surface area contributed by atoms with Crippen molar-refractivity contribution >= 4 is 35.6 Å². The minimum absolute atomic E-state index is 0. The van der Waals surface area contributed by atoms with Gasteiger partial charge in [-0.15, -0.1) is 24.0 Å². The van der Waals surface area contributed by atoms with Crippen LogP contribution in [0.25, 0.3) is 0 Å². The molecule has 5 nitrogen and oxygen atoms in total. The summed E-state index contributed by atoms with van der Waals surface area (Å²) in [7, 11) is 3.43. The second-order valence-corrected chi connectivity index (χ2v) is 6.51. The van der Waals surface area contributed by atoms with Gasteiger partial charge in [0.1, 0.15) is 0 Å². The van der Waals surface area contributed by atoms with Crippen LogP contribution in [0.4, 0.5) is 5.69 Å². The van der Waals surface area contributed by atoms with Gasteiger partial charge in [0.2, 0.25) is 0 Å². The minimum Gasteiger partial charge on any atom is -0.380 e. The van der Waals surface area contributed by atoms with Crippen LogP contribution in [0.5, 0.6) is 0 Å². The summed E-state index contributed by atoms with van der Waals surface area (Å²) < 4.78 is 10.8. The van der Waals surface area contributed by atoms with Gasteiger partial charge in [-0.3, -0.25) is 0 Å². The molecule has 23 heavy (non-hydrogen) atoms. The molecule has 3 unspecified atom stereocenters. The Hall–Kier alpha value is -0.860. The van der Waals surface area contributed by atoms with Crippen molar-refractivity contribution in [1.29, 1.82) is 0 Å². The predicted octanol–water partition coefficient (Wildman–Crippen LogP) is 3.24. The van der Waals surface area contributed by atoms with Crippen LogP contribution in [0, 0.1) is 11.3 Å². The Labute approximate surface area is 156 Å². The molecule has 0 heterocycles. The minimum atomic E-state index is -0.00743. The number of nitrogens with zero attached hydrogens (tertiary/aromatic N) is 1. The van der Waals surface area contributed by atoms with Gasteiger partial charge in [-0.25, -0.2) is 4.99 Å². The standard InChI is InChI=1S/C17H27N3O2.HI/c1-11-14(17(2,3)15(11)22-5)20-16(18)19-13-9-7-6-8-12(13)10-21-4;/h6-9,11,14-15H,10H2,1-5H3,(H3,18,19,20);1H. The number of hydrogen-bond acceptors (Lipinski definition) is 3. The van der Waals surface area contributed by atoms with Crippen LogP contribution < -0.4 is 11.1 Å². The maximum atomic E-state index is 6.11. The second-order valence-electron chi connectivity index (χ2n) is 6.51. The van der Waals surface area contributed by atoms with Gasteiger partial charge in [-0.1, -0.05) is 39.0 Å². The van der Waals surface area contributed by atoms with E-state index in [1.807, 2.05) is 24.3 Å². The van der Waals surface area contributed by atoms with E-state index in [0.717, 1.165) is 11.3 Å². The average Bonchev–Trinajstić information content (AvgIpc) is 2.47. The summed E-state index contributed by atoms with van der Waals surface area (Å²) >= 11 is 0. The second kappa shape index (κ2) is 8.30. The van der Waals surface area contributed by atoms with E-state index in [-0.39, 0.29) is 41.5 Å². The monoisotopic (exact) mass is 433 g/mol. The Kier molecular flexibility index (Phi) is 7.29. The number of nitrogens with two attached hydrogens (primary N) is 1. The van der Waals surface area contributed by atoms with Crippen LogP contribution in [-0.4, -0.2) is 32.3 Å². The fourth-order valence-corrected chi connectivity index (χ4v) is 3.62. The molecule has 0 amide bonds. The first-order valence-corrected chi connectivity index (χ1v) is 7.61. The lowest BCUT2D eigenvalue weighted by atomic mass is 9.58. The molecule has 0 spiro atoms. The predicted molar refractivity (Wildman–Crippen MR) is 105 cm³/mol. The third-order valence-electron chi connectivity index (χ3n) is 4.58. The number of halogens is 1. The van der Waals surface area contributed by atoms with E-state index in [0.29, 0.717) is 18.5 Å². The van der Waals surface area contributed by atoms with Gasteiger partial charge in [0.25, 0.3) is 0 Å². The molecule has 6 heteroatoms. The normalized spacial score (nSPS) is 26.1. The van der Waals surface area contributed by atoms with Crippen LogP contribution in [0.3, 0.4) is 0 Å². The molecule has 0 saturated heterocycles. The molecule has 3 atom stereocenters. The molecular formula is C17H28IN3O2. The SMILES string of the molecule is COCc1ccccc1NC(N)=NC1C(C)C(OC)C1(C)C.I. The van der Waals surface area contributed by atoms with Crippen molar-refractivity contribution in [1.82, 2.24) is 0 Å². The quantitative estimate of drug-likeness (QED) is 0.425.